The first kappa shape index (κ1) is 12.9. The van der Waals surface area contributed by atoms with Crippen LogP contribution in [0, 0.1) is 0 Å². The Morgan fingerprint density at radius 2 is 2.00 bits per heavy atom. The minimum absolute atomic E-state index is 0.0190. The van der Waals surface area contributed by atoms with E-state index in [1.54, 1.807) is 0 Å². The van der Waals surface area contributed by atoms with Gasteiger partial charge in [0.05, 0.1) is 0 Å². The fourth-order valence-electron chi connectivity index (χ4n) is 1.54. The summed E-state index contributed by atoms with van der Waals surface area (Å²) < 4.78 is 0. The lowest BCUT2D eigenvalue weighted by molar-refractivity contribution is 0.416. The van der Waals surface area contributed by atoms with E-state index >= 15 is 0 Å². The third-order valence-electron chi connectivity index (χ3n) is 2.55. The highest BCUT2D eigenvalue weighted by molar-refractivity contribution is 5.47. The van der Waals surface area contributed by atoms with Crippen molar-refractivity contribution in [2.24, 2.45) is 5.73 Å². The van der Waals surface area contributed by atoms with Crippen LogP contribution in [0.25, 0.3) is 0 Å². The predicted octanol–water partition coefficient (Wildman–Crippen LogP) is 1.10. The average molecular weight is 222 g/mol. The Morgan fingerprint density at radius 3 is 2.56 bits per heavy atom. The molecule has 0 unspecified atom stereocenters. The van der Waals surface area contributed by atoms with Gasteiger partial charge in [0.15, 0.2) is 0 Å². The zero-order valence-electron chi connectivity index (χ0n) is 10.6. The Morgan fingerprint density at radius 1 is 1.31 bits per heavy atom. The van der Waals surface area contributed by atoms with Gasteiger partial charge >= 0.3 is 0 Å². The van der Waals surface area contributed by atoms with Gasteiger partial charge in [-0.2, -0.15) is 0 Å². The van der Waals surface area contributed by atoms with Gasteiger partial charge in [-0.1, -0.05) is 6.07 Å². The highest BCUT2D eigenvalue weighted by atomic mass is 15.2. The van der Waals surface area contributed by atoms with E-state index in [2.05, 4.69) is 35.9 Å². The molecule has 0 amide bonds. The molecule has 0 saturated carbocycles. The minimum Gasteiger partial charge on any atom is -0.358 e. The van der Waals surface area contributed by atoms with E-state index in [0.717, 1.165) is 24.5 Å². The Kier molecular flexibility index (Phi) is 4.71. The molecule has 90 valence electrons. The van der Waals surface area contributed by atoms with Gasteiger partial charge in [-0.15, -0.1) is 0 Å². The first-order valence-corrected chi connectivity index (χ1v) is 5.58. The second kappa shape index (κ2) is 5.82. The van der Waals surface area contributed by atoms with E-state index < -0.39 is 0 Å². The van der Waals surface area contributed by atoms with Crippen LogP contribution < -0.4 is 10.6 Å². The van der Waals surface area contributed by atoms with Gasteiger partial charge in [0.2, 0.25) is 0 Å². The first-order valence-electron chi connectivity index (χ1n) is 5.58. The SMILES string of the molecule is C[C@H](N)c1cccnc1N(C)CCN(C)C. The maximum Gasteiger partial charge on any atom is 0.133 e. The molecule has 0 saturated heterocycles. The average Bonchev–Trinajstić information content (AvgIpc) is 2.25. The van der Waals surface area contributed by atoms with Crippen LogP contribution in [0.5, 0.6) is 0 Å². The zero-order chi connectivity index (χ0) is 12.1. The molecular formula is C12H22N4. The molecule has 1 rings (SSSR count). The van der Waals surface area contributed by atoms with Crippen molar-refractivity contribution in [1.29, 1.82) is 0 Å². The molecule has 16 heavy (non-hydrogen) atoms. The summed E-state index contributed by atoms with van der Waals surface area (Å²) in [7, 11) is 6.19. The van der Waals surface area contributed by atoms with E-state index in [9.17, 15) is 0 Å². The van der Waals surface area contributed by atoms with Gasteiger partial charge in [0.1, 0.15) is 5.82 Å². The third kappa shape index (κ3) is 3.47. The molecule has 0 radical (unpaired) electrons. The number of rotatable bonds is 5. The number of pyridine rings is 1. The summed E-state index contributed by atoms with van der Waals surface area (Å²) in [5.41, 5.74) is 7.03. The second-order valence-electron chi connectivity index (χ2n) is 4.43. The molecule has 1 heterocycles. The summed E-state index contributed by atoms with van der Waals surface area (Å²) in [4.78, 5) is 8.71. The number of hydrogen-bond donors (Lipinski definition) is 1. The molecule has 0 aliphatic carbocycles. The number of hydrogen-bond acceptors (Lipinski definition) is 4. The number of nitrogens with zero attached hydrogens (tertiary/aromatic N) is 3. The van der Waals surface area contributed by atoms with Crippen LogP contribution >= 0.6 is 0 Å². The number of anilines is 1. The standard InChI is InChI=1S/C12H22N4/c1-10(13)11-6-5-7-14-12(11)16(4)9-8-15(2)3/h5-7,10H,8-9,13H2,1-4H3/t10-/m0/s1. The van der Waals surface area contributed by atoms with E-state index in [-0.39, 0.29) is 6.04 Å². The van der Waals surface area contributed by atoms with E-state index in [4.69, 9.17) is 5.73 Å². The molecule has 1 aromatic heterocycles. The number of nitrogens with two attached hydrogens (primary N) is 1. The topological polar surface area (TPSA) is 45.4 Å². The van der Waals surface area contributed by atoms with Gasteiger partial charge in [0.25, 0.3) is 0 Å². The maximum atomic E-state index is 5.93. The van der Waals surface area contributed by atoms with Crippen molar-refractivity contribution in [1.82, 2.24) is 9.88 Å². The van der Waals surface area contributed by atoms with Crippen molar-refractivity contribution in [3.05, 3.63) is 23.9 Å². The van der Waals surface area contributed by atoms with Crippen molar-refractivity contribution in [3.63, 3.8) is 0 Å². The summed E-state index contributed by atoms with van der Waals surface area (Å²) in [6, 6.07) is 3.99. The predicted molar refractivity (Wildman–Crippen MR) is 68.7 cm³/mol. The fourth-order valence-corrected chi connectivity index (χ4v) is 1.54. The molecule has 4 heteroatoms. The van der Waals surface area contributed by atoms with Gasteiger partial charge in [-0.25, -0.2) is 4.98 Å². The fraction of sp³-hybridized carbons (Fsp3) is 0.583. The first-order chi connectivity index (χ1) is 7.52. The molecule has 4 nitrogen and oxygen atoms in total. The van der Waals surface area contributed by atoms with Crippen LogP contribution in [0.2, 0.25) is 0 Å². The largest absolute Gasteiger partial charge is 0.358 e. The summed E-state index contributed by atoms with van der Waals surface area (Å²) in [6.45, 7) is 3.94. The van der Waals surface area contributed by atoms with Crippen molar-refractivity contribution in [2.45, 2.75) is 13.0 Å². The molecule has 1 aromatic rings. The number of aromatic nitrogens is 1. The van der Waals surface area contributed by atoms with Gasteiger partial charge < -0.3 is 15.5 Å². The smallest absolute Gasteiger partial charge is 0.133 e. The highest BCUT2D eigenvalue weighted by Crippen LogP contribution is 2.20. The Labute approximate surface area is 98.1 Å². The van der Waals surface area contributed by atoms with Crippen LogP contribution in [-0.4, -0.2) is 44.1 Å². The Hall–Kier alpha value is -1.13. The molecule has 0 aliphatic heterocycles. The molecule has 0 spiro atoms. The van der Waals surface area contributed by atoms with Crippen LogP contribution in [0.1, 0.15) is 18.5 Å². The summed E-state index contributed by atoms with van der Waals surface area (Å²) in [5.74, 6) is 0.986. The summed E-state index contributed by atoms with van der Waals surface area (Å²) in [5, 5.41) is 0. The van der Waals surface area contributed by atoms with E-state index in [0.29, 0.717) is 0 Å². The number of likely N-dealkylation sites (N-methyl/N-ethyl adjacent to an activating group) is 2. The van der Waals surface area contributed by atoms with Crippen molar-refractivity contribution >= 4 is 5.82 Å². The zero-order valence-corrected chi connectivity index (χ0v) is 10.6. The van der Waals surface area contributed by atoms with Crippen molar-refractivity contribution < 1.29 is 0 Å². The lowest BCUT2D eigenvalue weighted by atomic mass is 10.1. The molecular weight excluding hydrogens is 200 g/mol. The van der Waals surface area contributed by atoms with Crippen LogP contribution in [0.4, 0.5) is 5.82 Å². The van der Waals surface area contributed by atoms with Gasteiger partial charge in [-0.05, 0) is 27.1 Å². The second-order valence-corrected chi connectivity index (χ2v) is 4.43. The van der Waals surface area contributed by atoms with Crippen LogP contribution in [0.15, 0.2) is 18.3 Å². The van der Waals surface area contributed by atoms with Gasteiger partial charge in [0, 0.05) is 37.9 Å². The van der Waals surface area contributed by atoms with Crippen molar-refractivity contribution in [3.8, 4) is 0 Å². The molecule has 0 aromatic carbocycles. The molecule has 0 aliphatic rings. The Balaban J connectivity index is 2.77. The van der Waals surface area contributed by atoms with E-state index in [1.807, 2.05) is 25.3 Å². The van der Waals surface area contributed by atoms with Crippen LogP contribution in [-0.2, 0) is 0 Å². The summed E-state index contributed by atoms with van der Waals surface area (Å²) in [6.07, 6.45) is 1.81. The Bertz CT molecular complexity index is 323. The molecule has 0 fully saturated rings. The highest BCUT2D eigenvalue weighted by Gasteiger charge is 2.11. The molecule has 0 bridgehead atoms. The van der Waals surface area contributed by atoms with E-state index in [1.165, 1.54) is 0 Å². The van der Waals surface area contributed by atoms with Gasteiger partial charge in [-0.3, -0.25) is 0 Å². The lowest BCUT2D eigenvalue weighted by Crippen LogP contribution is -2.30. The quantitative estimate of drug-likeness (QED) is 0.810. The maximum absolute atomic E-state index is 5.93. The summed E-state index contributed by atoms with van der Waals surface area (Å²) >= 11 is 0. The third-order valence-corrected chi connectivity index (χ3v) is 2.55. The van der Waals surface area contributed by atoms with Crippen LogP contribution in [0.3, 0.4) is 0 Å². The monoisotopic (exact) mass is 222 g/mol. The normalized spacial score (nSPS) is 12.9. The molecule has 1 atom stereocenters. The molecule has 2 N–H and O–H groups in total. The van der Waals surface area contributed by atoms with Crippen molar-refractivity contribution in [2.75, 3.05) is 39.1 Å². The lowest BCUT2D eigenvalue weighted by Gasteiger charge is -2.23. The minimum atomic E-state index is 0.0190.